The van der Waals surface area contributed by atoms with Gasteiger partial charge in [-0.1, -0.05) is 23.2 Å². The number of hydrogen-bond donors (Lipinski definition) is 2. The van der Waals surface area contributed by atoms with Crippen LogP contribution in [0.2, 0.25) is 10.2 Å². The molecule has 0 aliphatic rings. The van der Waals surface area contributed by atoms with Gasteiger partial charge in [0.15, 0.2) is 0 Å². The van der Waals surface area contributed by atoms with Crippen molar-refractivity contribution < 1.29 is 0 Å². The largest absolute Gasteiger partial charge is 0.397 e. The van der Waals surface area contributed by atoms with Crippen LogP contribution in [0.25, 0.3) is 0 Å². The summed E-state index contributed by atoms with van der Waals surface area (Å²) in [6, 6.07) is 1.44. The van der Waals surface area contributed by atoms with Crippen LogP contribution in [0.3, 0.4) is 0 Å². The lowest BCUT2D eigenvalue weighted by atomic mass is 10.4. The maximum Gasteiger partial charge on any atom is 0.146 e. The topological polar surface area (TPSA) is 64.9 Å². The fourth-order valence-corrected chi connectivity index (χ4v) is 0.841. The van der Waals surface area contributed by atoms with E-state index in [0.29, 0.717) is 5.69 Å². The second-order valence-electron chi connectivity index (χ2n) is 1.73. The molecule has 1 rings (SSSR count). The SMILES string of the molecule is Nc1cc(Cl)nc(N)c1Cl. The zero-order valence-corrected chi connectivity index (χ0v) is 6.45. The second-order valence-corrected chi connectivity index (χ2v) is 2.50. The minimum Gasteiger partial charge on any atom is -0.397 e. The standard InChI is InChI=1S/C5H5Cl2N3/c6-3-1-2(8)4(7)5(9)10-3/h1H,(H4,8,9,10). The van der Waals surface area contributed by atoms with E-state index in [4.69, 9.17) is 34.7 Å². The van der Waals surface area contributed by atoms with Crippen LogP contribution in [0.5, 0.6) is 0 Å². The number of nitrogen functional groups attached to an aromatic ring is 2. The summed E-state index contributed by atoms with van der Waals surface area (Å²) in [6.45, 7) is 0. The Morgan fingerprint density at radius 3 is 2.40 bits per heavy atom. The fraction of sp³-hybridized carbons (Fsp3) is 0. The van der Waals surface area contributed by atoms with E-state index >= 15 is 0 Å². The Kier molecular flexibility index (Phi) is 1.87. The number of pyridine rings is 1. The summed E-state index contributed by atoms with van der Waals surface area (Å²) in [5.41, 5.74) is 11.0. The molecule has 0 radical (unpaired) electrons. The van der Waals surface area contributed by atoms with Gasteiger partial charge in [0.2, 0.25) is 0 Å². The van der Waals surface area contributed by atoms with Crippen molar-refractivity contribution in [1.82, 2.24) is 4.98 Å². The van der Waals surface area contributed by atoms with Crippen LogP contribution in [0.4, 0.5) is 11.5 Å². The Balaban J connectivity index is 3.31. The predicted octanol–water partition coefficient (Wildman–Crippen LogP) is 1.55. The third kappa shape index (κ3) is 1.25. The summed E-state index contributed by atoms with van der Waals surface area (Å²) >= 11 is 11.1. The highest BCUT2D eigenvalue weighted by atomic mass is 35.5. The summed E-state index contributed by atoms with van der Waals surface area (Å²) in [7, 11) is 0. The van der Waals surface area contributed by atoms with Crippen molar-refractivity contribution in [3.8, 4) is 0 Å². The zero-order chi connectivity index (χ0) is 7.72. The first-order valence-electron chi connectivity index (χ1n) is 2.48. The molecular weight excluding hydrogens is 173 g/mol. The lowest BCUT2D eigenvalue weighted by Crippen LogP contribution is -1.95. The Bertz CT molecular complexity index is 238. The van der Waals surface area contributed by atoms with Crippen LogP contribution in [0.15, 0.2) is 6.07 Å². The van der Waals surface area contributed by atoms with Crippen LogP contribution < -0.4 is 11.5 Å². The summed E-state index contributed by atoms with van der Waals surface area (Å²) in [5, 5.41) is 0.504. The number of halogens is 2. The van der Waals surface area contributed by atoms with E-state index in [-0.39, 0.29) is 16.0 Å². The van der Waals surface area contributed by atoms with Gasteiger partial charge in [-0.15, -0.1) is 0 Å². The molecule has 0 unspecified atom stereocenters. The summed E-state index contributed by atoms with van der Waals surface area (Å²) in [6.07, 6.45) is 0. The molecule has 0 amide bonds. The number of rotatable bonds is 0. The molecule has 0 saturated carbocycles. The van der Waals surface area contributed by atoms with E-state index < -0.39 is 0 Å². The van der Waals surface area contributed by atoms with Crippen LogP contribution in [-0.2, 0) is 0 Å². The lowest BCUT2D eigenvalue weighted by Gasteiger charge is -2.00. The normalized spacial score (nSPS) is 9.80. The minimum atomic E-state index is 0.159. The summed E-state index contributed by atoms with van der Waals surface area (Å²) < 4.78 is 0. The molecule has 0 spiro atoms. The van der Waals surface area contributed by atoms with E-state index in [1.165, 1.54) is 6.07 Å². The number of nitrogens with two attached hydrogens (primary N) is 2. The average Bonchev–Trinajstić information content (AvgIpc) is 1.82. The molecular formula is C5H5Cl2N3. The lowest BCUT2D eigenvalue weighted by molar-refractivity contribution is 1.34. The highest BCUT2D eigenvalue weighted by molar-refractivity contribution is 6.36. The van der Waals surface area contributed by atoms with Gasteiger partial charge in [-0.05, 0) is 0 Å². The van der Waals surface area contributed by atoms with E-state index in [1.807, 2.05) is 0 Å². The monoisotopic (exact) mass is 177 g/mol. The Hall–Kier alpha value is -0.670. The van der Waals surface area contributed by atoms with Gasteiger partial charge in [0.25, 0.3) is 0 Å². The van der Waals surface area contributed by atoms with E-state index in [1.54, 1.807) is 0 Å². The first-order valence-corrected chi connectivity index (χ1v) is 3.24. The van der Waals surface area contributed by atoms with Crippen molar-refractivity contribution in [3.05, 3.63) is 16.2 Å². The highest BCUT2D eigenvalue weighted by Gasteiger charge is 2.02. The molecule has 0 aromatic carbocycles. The molecule has 4 N–H and O–H groups in total. The third-order valence-electron chi connectivity index (χ3n) is 0.980. The van der Waals surface area contributed by atoms with Crippen molar-refractivity contribution in [1.29, 1.82) is 0 Å². The van der Waals surface area contributed by atoms with Gasteiger partial charge in [-0.2, -0.15) is 0 Å². The van der Waals surface area contributed by atoms with Gasteiger partial charge in [0, 0.05) is 6.07 Å². The number of anilines is 2. The predicted molar refractivity (Wildman–Crippen MR) is 43.1 cm³/mol. The highest BCUT2D eigenvalue weighted by Crippen LogP contribution is 2.25. The van der Waals surface area contributed by atoms with E-state index in [2.05, 4.69) is 4.98 Å². The molecule has 5 heteroatoms. The first kappa shape index (κ1) is 7.44. The molecule has 0 bridgehead atoms. The molecule has 0 aliphatic heterocycles. The number of nitrogens with zero attached hydrogens (tertiary/aromatic N) is 1. The molecule has 1 heterocycles. The maximum absolute atomic E-state index is 5.58. The maximum atomic E-state index is 5.58. The van der Waals surface area contributed by atoms with Gasteiger partial charge < -0.3 is 11.5 Å². The van der Waals surface area contributed by atoms with Crippen molar-refractivity contribution in [2.24, 2.45) is 0 Å². The minimum absolute atomic E-state index is 0.159. The Morgan fingerprint density at radius 2 is 1.90 bits per heavy atom. The van der Waals surface area contributed by atoms with Crippen LogP contribution >= 0.6 is 23.2 Å². The van der Waals surface area contributed by atoms with Crippen LogP contribution in [0.1, 0.15) is 0 Å². The van der Waals surface area contributed by atoms with Crippen LogP contribution in [-0.4, -0.2) is 4.98 Å². The Labute approximate surface area is 67.9 Å². The van der Waals surface area contributed by atoms with Gasteiger partial charge >= 0.3 is 0 Å². The molecule has 1 aromatic rings. The molecule has 0 fully saturated rings. The molecule has 10 heavy (non-hydrogen) atoms. The summed E-state index contributed by atoms with van der Waals surface area (Å²) in [5.74, 6) is 0.159. The number of aromatic nitrogens is 1. The van der Waals surface area contributed by atoms with Crippen molar-refractivity contribution in [2.45, 2.75) is 0 Å². The Morgan fingerprint density at radius 1 is 1.30 bits per heavy atom. The fourth-order valence-electron chi connectivity index (χ4n) is 0.536. The van der Waals surface area contributed by atoms with Gasteiger partial charge in [-0.25, -0.2) is 4.98 Å². The van der Waals surface area contributed by atoms with Gasteiger partial charge in [-0.3, -0.25) is 0 Å². The molecule has 1 aromatic heterocycles. The average molecular weight is 178 g/mol. The van der Waals surface area contributed by atoms with Crippen molar-refractivity contribution >= 4 is 34.7 Å². The molecule has 0 aliphatic carbocycles. The second kappa shape index (κ2) is 2.52. The molecule has 0 atom stereocenters. The van der Waals surface area contributed by atoms with Crippen molar-refractivity contribution in [3.63, 3.8) is 0 Å². The van der Waals surface area contributed by atoms with E-state index in [0.717, 1.165) is 0 Å². The molecule has 3 nitrogen and oxygen atoms in total. The van der Waals surface area contributed by atoms with Gasteiger partial charge in [0.1, 0.15) is 16.0 Å². The van der Waals surface area contributed by atoms with E-state index in [9.17, 15) is 0 Å². The molecule has 0 saturated heterocycles. The first-order chi connectivity index (χ1) is 4.61. The third-order valence-corrected chi connectivity index (χ3v) is 1.59. The van der Waals surface area contributed by atoms with Crippen molar-refractivity contribution in [2.75, 3.05) is 11.5 Å². The quantitative estimate of drug-likeness (QED) is 0.592. The summed E-state index contributed by atoms with van der Waals surface area (Å²) in [4.78, 5) is 3.67. The van der Waals surface area contributed by atoms with Gasteiger partial charge in [0.05, 0.1) is 5.69 Å². The van der Waals surface area contributed by atoms with Crippen LogP contribution in [0, 0.1) is 0 Å². The smallest absolute Gasteiger partial charge is 0.146 e. The number of hydrogen-bond acceptors (Lipinski definition) is 3. The molecule has 54 valence electrons. The zero-order valence-electron chi connectivity index (χ0n) is 4.94.